The van der Waals surface area contributed by atoms with Crippen LogP contribution in [0.5, 0.6) is 0 Å². The average Bonchev–Trinajstić information content (AvgIpc) is 2.63. The Morgan fingerprint density at radius 1 is 1.15 bits per heavy atom. The van der Waals surface area contributed by atoms with Gasteiger partial charge in [-0.25, -0.2) is 4.79 Å². The number of carbonyl (C=O) groups is 1. The largest absolute Gasteiger partial charge is 0.465 e. The molecule has 0 fully saturated rings. The number of anilines is 1. The zero-order chi connectivity index (χ0) is 20.0. The number of hydrogen-bond acceptors (Lipinski definition) is 3. The van der Waals surface area contributed by atoms with Crippen molar-refractivity contribution in [3.8, 4) is 0 Å². The molecule has 0 aliphatic heterocycles. The molecule has 0 saturated heterocycles. The van der Waals surface area contributed by atoms with Crippen LogP contribution in [0.2, 0.25) is 0 Å². The van der Waals surface area contributed by atoms with Crippen molar-refractivity contribution in [2.45, 2.75) is 45.6 Å². The van der Waals surface area contributed by atoms with E-state index in [0.717, 1.165) is 17.7 Å². The molecule has 1 unspecified atom stereocenters. The lowest BCUT2D eigenvalue weighted by Gasteiger charge is -2.30. The van der Waals surface area contributed by atoms with Gasteiger partial charge in [-0.3, -0.25) is 0 Å². The summed E-state index contributed by atoms with van der Waals surface area (Å²) < 4.78 is 4.82. The van der Waals surface area contributed by atoms with E-state index >= 15 is 0 Å². The molecule has 0 amide bonds. The maximum absolute atomic E-state index is 11.8. The van der Waals surface area contributed by atoms with E-state index in [-0.39, 0.29) is 17.4 Å². The van der Waals surface area contributed by atoms with Crippen molar-refractivity contribution < 1.29 is 9.53 Å². The van der Waals surface area contributed by atoms with Crippen LogP contribution in [0.15, 0.2) is 48.5 Å². The van der Waals surface area contributed by atoms with Gasteiger partial charge in [0.05, 0.1) is 12.7 Å². The normalized spacial score (nSPS) is 12.2. The number of ether oxygens (including phenoxy) is 1. The van der Waals surface area contributed by atoms with Crippen LogP contribution in [0.25, 0.3) is 0 Å². The fourth-order valence-electron chi connectivity index (χ4n) is 3.31. The fraction of sp³-hybridized carbons (Fsp3) is 0.364. The molecule has 0 aliphatic carbocycles. The molecule has 1 atom stereocenters. The van der Waals surface area contributed by atoms with E-state index in [0.29, 0.717) is 10.7 Å². The van der Waals surface area contributed by atoms with Crippen LogP contribution in [-0.2, 0) is 10.2 Å². The van der Waals surface area contributed by atoms with Crippen molar-refractivity contribution in [1.82, 2.24) is 5.32 Å². The zero-order valence-electron chi connectivity index (χ0n) is 16.6. The van der Waals surface area contributed by atoms with Gasteiger partial charge in [0.25, 0.3) is 0 Å². The van der Waals surface area contributed by atoms with Crippen molar-refractivity contribution in [2.24, 2.45) is 0 Å². The molecule has 5 heteroatoms. The third-order valence-corrected chi connectivity index (χ3v) is 4.96. The van der Waals surface area contributed by atoms with E-state index in [1.165, 1.54) is 12.7 Å². The van der Waals surface area contributed by atoms with E-state index in [9.17, 15) is 4.79 Å². The highest BCUT2D eigenvalue weighted by atomic mass is 32.1. The van der Waals surface area contributed by atoms with Gasteiger partial charge >= 0.3 is 5.97 Å². The molecule has 0 aliphatic rings. The smallest absolute Gasteiger partial charge is 0.338 e. The molecule has 0 radical (unpaired) electrons. The Morgan fingerprint density at radius 2 is 1.81 bits per heavy atom. The highest BCUT2D eigenvalue weighted by molar-refractivity contribution is 7.80. The van der Waals surface area contributed by atoms with Crippen LogP contribution >= 0.6 is 12.2 Å². The number of nitrogens with one attached hydrogen (secondary N) is 2. The van der Waals surface area contributed by atoms with Gasteiger partial charge < -0.3 is 15.4 Å². The molecule has 27 heavy (non-hydrogen) atoms. The lowest BCUT2D eigenvalue weighted by Crippen LogP contribution is -2.39. The fourth-order valence-corrected chi connectivity index (χ4v) is 3.62. The monoisotopic (exact) mass is 384 g/mol. The molecule has 2 N–H and O–H groups in total. The van der Waals surface area contributed by atoms with Gasteiger partial charge in [0.15, 0.2) is 5.11 Å². The molecule has 144 valence electrons. The van der Waals surface area contributed by atoms with Crippen molar-refractivity contribution in [2.75, 3.05) is 12.4 Å². The van der Waals surface area contributed by atoms with Crippen LogP contribution in [0, 0.1) is 6.92 Å². The molecular weight excluding hydrogens is 356 g/mol. The first-order valence-electron chi connectivity index (χ1n) is 9.05. The van der Waals surface area contributed by atoms with Gasteiger partial charge in [-0.1, -0.05) is 50.2 Å². The highest BCUT2D eigenvalue weighted by Crippen LogP contribution is 2.28. The van der Waals surface area contributed by atoms with Gasteiger partial charge in [0, 0.05) is 11.7 Å². The summed E-state index contributed by atoms with van der Waals surface area (Å²) in [6, 6.07) is 16.1. The van der Waals surface area contributed by atoms with Gasteiger partial charge in [-0.15, -0.1) is 0 Å². The van der Waals surface area contributed by atoms with Crippen LogP contribution in [0.4, 0.5) is 5.69 Å². The number of benzene rings is 2. The number of esters is 1. The number of methoxy groups -OCH3 is 1. The molecule has 4 nitrogen and oxygen atoms in total. The summed E-state index contributed by atoms with van der Waals surface area (Å²) in [5.74, 6) is -0.354. The van der Waals surface area contributed by atoms with Crippen LogP contribution in [-0.4, -0.2) is 24.2 Å². The third kappa shape index (κ3) is 5.54. The highest BCUT2D eigenvalue weighted by Gasteiger charge is 2.23. The second-order valence-electron chi connectivity index (χ2n) is 7.42. The molecular formula is C22H28N2O2S. The molecule has 2 aromatic rings. The molecule has 0 heterocycles. The number of rotatable bonds is 6. The van der Waals surface area contributed by atoms with E-state index in [1.54, 1.807) is 6.07 Å². The minimum absolute atomic E-state index is 0.0318. The Labute approximate surface area is 167 Å². The predicted molar refractivity (Wildman–Crippen MR) is 115 cm³/mol. The Balaban J connectivity index is 2.01. The summed E-state index contributed by atoms with van der Waals surface area (Å²) in [7, 11) is 1.38. The summed E-state index contributed by atoms with van der Waals surface area (Å²) in [5.41, 5.74) is 3.47. The third-order valence-electron chi connectivity index (χ3n) is 4.74. The predicted octanol–water partition coefficient (Wildman–Crippen LogP) is 4.82. The average molecular weight is 385 g/mol. The lowest BCUT2D eigenvalue weighted by molar-refractivity contribution is 0.0600. The molecule has 0 spiro atoms. The molecule has 0 saturated carbocycles. The molecule has 0 bridgehead atoms. The summed E-state index contributed by atoms with van der Waals surface area (Å²) >= 11 is 5.48. The van der Waals surface area contributed by atoms with Crippen molar-refractivity contribution in [3.05, 3.63) is 65.2 Å². The van der Waals surface area contributed by atoms with Crippen LogP contribution in [0.1, 0.15) is 48.7 Å². The molecule has 2 aromatic carbocycles. The maximum atomic E-state index is 11.8. The number of thiocarbonyl (C=S) groups is 1. The summed E-state index contributed by atoms with van der Waals surface area (Å²) in [6.07, 6.45) is 0.931. The van der Waals surface area contributed by atoms with Crippen molar-refractivity contribution >= 4 is 29.0 Å². The maximum Gasteiger partial charge on any atom is 0.338 e. The zero-order valence-corrected chi connectivity index (χ0v) is 17.4. The minimum atomic E-state index is -0.354. The lowest BCUT2D eigenvalue weighted by atomic mass is 9.79. The van der Waals surface area contributed by atoms with Crippen molar-refractivity contribution in [1.29, 1.82) is 0 Å². The van der Waals surface area contributed by atoms with E-state index in [1.807, 2.05) is 25.1 Å². The van der Waals surface area contributed by atoms with Crippen LogP contribution < -0.4 is 10.6 Å². The Morgan fingerprint density at radius 3 is 2.44 bits per heavy atom. The van der Waals surface area contributed by atoms with E-state index in [2.05, 4.69) is 55.7 Å². The minimum Gasteiger partial charge on any atom is -0.465 e. The summed E-state index contributed by atoms with van der Waals surface area (Å²) in [5, 5.41) is 7.09. The van der Waals surface area contributed by atoms with Gasteiger partial charge in [-0.2, -0.15) is 0 Å². The Hall–Kier alpha value is -2.40. The summed E-state index contributed by atoms with van der Waals surface area (Å²) in [6.45, 7) is 8.47. The first-order chi connectivity index (χ1) is 12.7. The van der Waals surface area contributed by atoms with E-state index in [4.69, 9.17) is 17.0 Å². The van der Waals surface area contributed by atoms with Gasteiger partial charge in [0.1, 0.15) is 0 Å². The first-order valence-corrected chi connectivity index (χ1v) is 9.46. The topological polar surface area (TPSA) is 50.4 Å². The SMILES string of the molecule is COC(=O)c1cccc(NC(=S)NC(C)CC(C)(C)c2ccccc2)c1C. The molecule has 0 aromatic heterocycles. The Bertz CT molecular complexity index is 803. The standard InChI is InChI=1S/C22H28N2O2S/c1-15(14-22(3,4)17-10-7-6-8-11-17)23-21(27)24-19-13-9-12-18(16(19)2)20(25)26-5/h6-13,15H,14H2,1-5H3,(H2,23,24,27). The van der Waals surface area contributed by atoms with Gasteiger partial charge in [-0.05, 0) is 61.2 Å². The number of hydrogen-bond donors (Lipinski definition) is 2. The second-order valence-corrected chi connectivity index (χ2v) is 7.83. The van der Waals surface area contributed by atoms with Crippen molar-refractivity contribution in [3.63, 3.8) is 0 Å². The quantitative estimate of drug-likeness (QED) is 0.552. The van der Waals surface area contributed by atoms with Gasteiger partial charge in [0.2, 0.25) is 0 Å². The molecule has 2 rings (SSSR count). The first kappa shape index (κ1) is 20.9. The number of carbonyl (C=O) groups excluding carboxylic acids is 1. The Kier molecular flexibility index (Phi) is 6.97. The van der Waals surface area contributed by atoms with Crippen LogP contribution in [0.3, 0.4) is 0 Å². The van der Waals surface area contributed by atoms with E-state index < -0.39 is 0 Å². The summed E-state index contributed by atoms with van der Waals surface area (Å²) in [4.78, 5) is 11.8. The second kappa shape index (κ2) is 9.00.